The molecule has 1 saturated heterocycles. The Hall–Kier alpha value is -0.0800. The van der Waals surface area contributed by atoms with Gasteiger partial charge in [0, 0.05) is 13.2 Å². The molecule has 1 N–H and O–H groups in total. The average molecular weight is 197 g/mol. The predicted octanol–water partition coefficient (Wildman–Crippen LogP) is 2.19. The Morgan fingerprint density at radius 3 is 2.71 bits per heavy atom. The van der Waals surface area contributed by atoms with Crippen molar-refractivity contribution in [1.29, 1.82) is 0 Å². The Morgan fingerprint density at radius 2 is 2.07 bits per heavy atom. The summed E-state index contributed by atoms with van der Waals surface area (Å²) in [6, 6.07) is 0. The summed E-state index contributed by atoms with van der Waals surface area (Å²) in [7, 11) is 0. The first-order valence-electron chi connectivity index (χ1n) is 6.18. The molecule has 3 unspecified atom stereocenters. The summed E-state index contributed by atoms with van der Waals surface area (Å²) in [5.74, 6) is 1.86. The second-order valence-electron chi connectivity index (χ2n) is 4.96. The lowest BCUT2D eigenvalue weighted by atomic mass is 9.98. The van der Waals surface area contributed by atoms with Crippen molar-refractivity contribution in [2.75, 3.05) is 19.7 Å². The van der Waals surface area contributed by atoms with Crippen LogP contribution in [-0.2, 0) is 4.74 Å². The van der Waals surface area contributed by atoms with Gasteiger partial charge in [-0.15, -0.1) is 0 Å². The van der Waals surface area contributed by atoms with E-state index in [1.165, 1.54) is 38.6 Å². The Labute approximate surface area is 87.4 Å². The Morgan fingerprint density at radius 1 is 1.14 bits per heavy atom. The third-order valence-electron chi connectivity index (χ3n) is 3.84. The maximum Gasteiger partial charge on any atom is 0.0700 e. The van der Waals surface area contributed by atoms with Crippen LogP contribution in [0, 0.1) is 11.8 Å². The largest absolute Gasteiger partial charge is 0.377 e. The van der Waals surface area contributed by atoms with Crippen LogP contribution in [0.2, 0.25) is 0 Å². The molecule has 82 valence electrons. The van der Waals surface area contributed by atoms with Gasteiger partial charge in [0.1, 0.15) is 0 Å². The van der Waals surface area contributed by atoms with E-state index in [0.29, 0.717) is 6.10 Å². The van der Waals surface area contributed by atoms with Gasteiger partial charge in [0.05, 0.1) is 6.10 Å². The van der Waals surface area contributed by atoms with Crippen LogP contribution in [0.3, 0.4) is 0 Å². The summed E-state index contributed by atoms with van der Waals surface area (Å²) < 4.78 is 5.58. The molecule has 1 aliphatic heterocycles. The minimum atomic E-state index is 0.506. The second-order valence-corrected chi connectivity index (χ2v) is 4.96. The molecule has 14 heavy (non-hydrogen) atoms. The van der Waals surface area contributed by atoms with Crippen molar-refractivity contribution in [3.05, 3.63) is 0 Å². The lowest BCUT2D eigenvalue weighted by Crippen LogP contribution is -2.31. The zero-order valence-corrected chi connectivity index (χ0v) is 9.30. The van der Waals surface area contributed by atoms with Crippen molar-refractivity contribution in [3.8, 4) is 0 Å². The number of nitrogens with one attached hydrogen (secondary N) is 1. The lowest BCUT2D eigenvalue weighted by Gasteiger charge is -2.17. The molecular weight excluding hydrogens is 174 g/mol. The number of rotatable bonds is 4. The van der Waals surface area contributed by atoms with Gasteiger partial charge in [-0.25, -0.2) is 0 Å². The predicted molar refractivity (Wildman–Crippen MR) is 58.3 cm³/mol. The summed E-state index contributed by atoms with van der Waals surface area (Å²) in [5.41, 5.74) is 0. The number of hydrogen-bond donors (Lipinski definition) is 1. The fourth-order valence-electron chi connectivity index (χ4n) is 2.76. The van der Waals surface area contributed by atoms with E-state index in [-0.39, 0.29) is 0 Å². The average Bonchev–Trinajstić information content (AvgIpc) is 2.78. The Kier molecular flexibility index (Phi) is 3.82. The summed E-state index contributed by atoms with van der Waals surface area (Å²) >= 11 is 0. The fraction of sp³-hybridized carbons (Fsp3) is 1.00. The highest BCUT2D eigenvalue weighted by Crippen LogP contribution is 2.30. The van der Waals surface area contributed by atoms with Gasteiger partial charge in [-0.2, -0.15) is 0 Å². The van der Waals surface area contributed by atoms with E-state index in [0.717, 1.165) is 25.0 Å². The Bertz CT molecular complexity index is 166. The molecule has 1 heterocycles. The first-order valence-corrected chi connectivity index (χ1v) is 6.18. The first kappa shape index (κ1) is 10.4. The molecule has 0 aromatic carbocycles. The molecule has 0 bridgehead atoms. The van der Waals surface area contributed by atoms with Gasteiger partial charge in [0.2, 0.25) is 0 Å². The van der Waals surface area contributed by atoms with E-state index >= 15 is 0 Å². The lowest BCUT2D eigenvalue weighted by molar-refractivity contribution is 0.109. The van der Waals surface area contributed by atoms with Crippen LogP contribution in [0.1, 0.15) is 39.0 Å². The first-order chi connectivity index (χ1) is 6.86. The highest BCUT2D eigenvalue weighted by molar-refractivity contribution is 4.77. The van der Waals surface area contributed by atoms with Gasteiger partial charge in [-0.1, -0.05) is 19.8 Å². The molecule has 2 rings (SSSR count). The van der Waals surface area contributed by atoms with Crippen molar-refractivity contribution in [2.45, 2.75) is 45.1 Å². The third kappa shape index (κ3) is 2.71. The summed E-state index contributed by atoms with van der Waals surface area (Å²) in [5, 5.41) is 3.57. The van der Waals surface area contributed by atoms with E-state index in [4.69, 9.17) is 4.74 Å². The summed E-state index contributed by atoms with van der Waals surface area (Å²) in [6.45, 7) is 5.65. The molecule has 3 atom stereocenters. The van der Waals surface area contributed by atoms with Gasteiger partial charge < -0.3 is 10.1 Å². The maximum atomic E-state index is 5.58. The molecule has 0 radical (unpaired) electrons. The van der Waals surface area contributed by atoms with Crippen LogP contribution >= 0.6 is 0 Å². The molecular formula is C12H23NO. The van der Waals surface area contributed by atoms with Gasteiger partial charge in [0.25, 0.3) is 0 Å². The topological polar surface area (TPSA) is 21.3 Å². The number of ether oxygens (including phenoxy) is 1. The van der Waals surface area contributed by atoms with Gasteiger partial charge in [-0.05, 0) is 37.6 Å². The molecule has 0 spiro atoms. The van der Waals surface area contributed by atoms with Crippen molar-refractivity contribution >= 4 is 0 Å². The van der Waals surface area contributed by atoms with Crippen LogP contribution in [0.25, 0.3) is 0 Å². The monoisotopic (exact) mass is 197 g/mol. The van der Waals surface area contributed by atoms with Gasteiger partial charge in [0.15, 0.2) is 0 Å². The highest BCUT2D eigenvalue weighted by Gasteiger charge is 2.23. The van der Waals surface area contributed by atoms with Crippen LogP contribution in [0.5, 0.6) is 0 Å². The van der Waals surface area contributed by atoms with Crippen LogP contribution in [-0.4, -0.2) is 25.8 Å². The zero-order valence-electron chi connectivity index (χ0n) is 9.30. The van der Waals surface area contributed by atoms with E-state index < -0.39 is 0 Å². The van der Waals surface area contributed by atoms with E-state index in [1.54, 1.807) is 0 Å². The van der Waals surface area contributed by atoms with Crippen molar-refractivity contribution in [1.82, 2.24) is 5.32 Å². The molecule has 2 nitrogen and oxygen atoms in total. The highest BCUT2D eigenvalue weighted by atomic mass is 16.5. The summed E-state index contributed by atoms with van der Waals surface area (Å²) in [6.07, 6.45) is 7.32. The van der Waals surface area contributed by atoms with Crippen molar-refractivity contribution < 1.29 is 4.74 Å². The molecule has 2 fully saturated rings. The van der Waals surface area contributed by atoms with Crippen LogP contribution < -0.4 is 5.32 Å². The maximum absolute atomic E-state index is 5.58. The Balaban J connectivity index is 1.57. The minimum Gasteiger partial charge on any atom is -0.377 e. The molecule has 1 aliphatic carbocycles. The van der Waals surface area contributed by atoms with E-state index in [2.05, 4.69) is 12.2 Å². The normalized spacial score (nSPS) is 37.9. The molecule has 1 saturated carbocycles. The fourth-order valence-corrected chi connectivity index (χ4v) is 2.76. The SMILES string of the molecule is CC1CCCC1CNCC1CCCO1. The third-order valence-corrected chi connectivity index (χ3v) is 3.84. The van der Waals surface area contributed by atoms with Gasteiger partial charge in [-0.3, -0.25) is 0 Å². The summed E-state index contributed by atoms with van der Waals surface area (Å²) in [4.78, 5) is 0. The van der Waals surface area contributed by atoms with Crippen LogP contribution in [0.15, 0.2) is 0 Å². The van der Waals surface area contributed by atoms with Crippen molar-refractivity contribution in [3.63, 3.8) is 0 Å². The quantitative estimate of drug-likeness (QED) is 0.746. The van der Waals surface area contributed by atoms with Crippen molar-refractivity contribution in [2.24, 2.45) is 11.8 Å². The smallest absolute Gasteiger partial charge is 0.0700 e. The zero-order chi connectivity index (χ0) is 9.80. The molecule has 2 heteroatoms. The molecule has 0 aromatic rings. The second kappa shape index (κ2) is 5.13. The van der Waals surface area contributed by atoms with Gasteiger partial charge >= 0.3 is 0 Å². The number of hydrogen-bond acceptors (Lipinski definition) is 2. The van der Waals surface area contributed by atoms with E-state index in [9.17, 15) is 0 Å². The standard InChI is InChI=1S/C12H23NO/c1-10-4-2-5-11(10)8-13-9-12-6-3-7-14-12/h10-13H,2-9H2,1H3. The molecule has 0 amide bonds. The minimum absolute atomic E-state index is 0.506. The molecule has 0 aromatic heterocycles. The molecule has 2 aliphatic rings. The van der Waals surface area contributed by atoms with E-state index in [1.807, 2.05) is 0 Å². The van der Waals surface area contributed by atoms with Crippen LogP contribution in [0.4, 0.5) is 0 Å².